The largest absolute Gasteiger partial charge is 0.465 e. The molecule has 0 radical (unpaired) electrons. The lowest BCUT2D eigenvalue weighted by molar-refractivity contribution is -0.139. The Labute approximate surface area is 133 Å². The molecule has 0 aliphatic heterocycles. The first kappa shape index (κ1) is 16.2. The van der Waals surface area contributed by atoms with Crippen LogP contribution in [0.3, 0.4) is 0 Å². The number of thiophene rings is 1. The van der Waals surface area contributed by atoms with E-state index >= 15 is 0 Å². The van der Waals surface area contributed by atoms with Crippen LogP contribution < -0.4 is 0 Å². The first-order chi connectivity index (χ1) is 10.1. The molecule has 0 bridgehead atoms. The van der Waals surface area contributed by atoms with E-state index < -0.39 is 0 Å². The average Bonchev–Trinajstić information content (AvgIpc) is 2.72. The van der Waals surface area contributed by atoms with Crippen molar-refractivity contribution in [2.75, 3.05) is 12.4 Å². The molecular weight excluding hydrogens is 304 g/mol. The van der Waals surface area contributed by atoms with Gasteiger partial charge in [-0.3, -0.25) is 4.79 Å². The summed E-state index contributed by atoms with van der Waals surface area (Å²) in [6.07, 6.45) is 1.87. The predicted molar refractivity (Wildman–Crippen MR) is 88.2 cm³/mol. The van der Waals surface area contributed by atoms with E-state index in [-0.39, 0.29) is 5.97 Å². The highest BCUT2D eigenvalue weighted by Crippen LogP contribution is 2.35. The van der Waals surface area contributed by atoms with Crippen molar-refractivity contribution in [3.05, 3.63) is 16.3 Å². The minimum absolute atomic E-state index is 0.198. The molecule has 0 aromatic carbocycles. The standard InChI is InChI=1S/C15H20N2O2S2/c1-5-7-11-16-14(20-8-12(18)19-6-2)13-9(3)10(4)21-15(13)17-11/h5-8H2,1-4H3. The maximum absolute atomic E-state index is 11.6. The Morgan fingerprint density at radius 3 is 2.71 bits per heavy atom. The summed E-state index contributed by atoms with van der Waals surface area (Å²) < 4.78 is 4.99. The zero-order chi connectivity index (χ0) is 15.4. The fraction of sp³-hybridized carbons (Fsp3) is 0.533. The molecule has 0 aliphatic carbocycles. The number of hydrogen-bond donors (Lipinski definition) is 0. The van der Waals surface area contributed by atoms with Crippen LogP contribution in [0.4, 0.5) is 0 Å². The summed E-state index contributed by atoms with van der Waals surface area (Å²) in [7, 11) is 0. The van der Waals surface area contributed by atoms with Crippen molar-refractivity contribution in [2.24, 2.45) is 0 Å². The molecule has 0 fully saturated rings. The number of esters is 1. The van der Waals surface area contributed by atoms with Gasteiger partial charge in [-0.15, -0.1) is 11.3 Å². The second-order valence-corrected chi connectivity index (χ2v) is 6.92. The molecule has 0 amide bonds. The highest BCUT2D eigenvalue weighted by atomic mass is 32.2. The number of ether oxygens (including phenoxy) is 1. The molecule has 0 unspecified atom stereocenters. The minimum Gasteiger partial charge on any atom is -0.465 e. The number of carbonyl (C=O) groups is 1. The van der Waals surface area contributed by atoms with Gasteiger partial charge in [0, 0.05) is 16.7 Å². The van der Waals surface area contributed by atoms with Crippen LogP contribution in [0.2, 0.25) is 0 Å². The van der Waals surface area contributed by atoms with Crippen molar-refractivity contribution < 1.29 is 9.53 Å². The quantitative estimate of drug-likeness (QED) is 0.458. The molecule has 0 N–H and O–H groups in total. The van der Waals surface area contributed by atoms with E-state index in [1.165, 1.54) is 22.2 Å². The van der Waals surface area contributed by atoms with E-state index in [9.17, 15) is 4.79 Å². The normalized spacial score (nSPS) is 11.0. The van der Waals surface area contributed by atoms with Crippen molar-refractivity contribution in [3.8, 4) is 0 Å². The Balaban J connectivity index is 2.36. The van der Waals surface area contributed by atoms with Gasteiger partial charge in [-0.05, 0) is 32.8 Å². The van der Waals surface area contributed by atoms with E-state index in [0.29, 0.717) is 12.4 Å². The zero-order valence-corrected chi connectivity index (χ0v) is 14.5. The van der Waals surface area contributed by atoms with Gasteiger partial charge in [0.2, 0.25) is 0 Å². The molecule has 6 heteroatoms. The van der Waals surface area contributed by atoms with Gasteiger partial charge < -0.3 is 4.74 Å². The molecule has 0 saturated carbocycles. The van der Waals surface area contributed by atoms with E-state index in [1.807, 2.05) is 6.92 Å². The van der Waals surface area contributed by atoms with Crippen LogP contribution in [0.25, 0.3) is 10.2 Å². The van der Waals surface area contributed by atoms with Gasteiger partial charge in [-0.1, -0.05) is 18.7 Å². The summed E-state index contributed by atoms with van der Waals surface area (Å²) in [4.78, 5) is 23.1. The number of aryl methyl sites for hydroxylation is 3. The second-order valence-electron chi connectivity index (χ2n) is 4.75. The third kappa shape index (κ3) is 3.74. The Hall–Kier alpha value is -1.14. The first-order valence-corrected chi connectivity index (χ1v) is 8.92. The van der Waals surface area contributed by atoms with Gasteiger partial charge >= 0.3 is 5.97 Å². The maximum atomic E-state index is 11.6. The smallest absolute Gasteiger partial charge is 0.316 e. The lowest BCUT2D eigenvalue weighted by Gasteiger charge is -2.06. The fourth-order valence-electron chi connectivity index (χ4n) is 2.02. The van der Waals surface area contributed by atoms with Crippen molar-refractivity contribution in [3.63, 3.8) is 0 Å². The lowest BCUT2D eigenvalue weighted by Crippen LogP contribution is -2.07. The molecule has 0 saturated heterocycles. The number of hydrogen-bond acceptors (Lipinski definition) is 6. The zero-order valence-electron chi connectivity index (χ0n) is 12.9. The van der Waals surface area contributed by atoms with Crippen LogP contribution in [0.15, 0.2) is 5.03 Å². The molecule has 0 atom stereocenters. The van der Waals surface area contributed by atoms with Gasteiger partial charge in [0.15, 0.2) is 0 Å². The van der Waals surface area contributed by atoms with E-state index in [4.69, 9.17) is 4.74 Å². The molecule has 2 heterocycles. The number of carbonyl (C=O) groups excluding carboxylic acids is 1. The molecule has 2 rings (SSSR count). The summed E-state index contributed by atoms with van der Waals surface area (Å²) in [6, 6.07) is 0. The number of nitrogens with zero attached hydrogens (tertiary/aromatic N) is 2. The first-order valence-electron chi connectivity index (χ1n) is 7.11. The van der Waals surface area contributed by atoms with Gasteiger partial charge in [0.25, 0.3) is 0 Å². The topological polar surface area (TPSA) is 52.1 Å². The molecule has 2 aromatic rings. The molecule has 2 aromatic heterocycles. The van der Waals surface area contributed by atoms with Crippen LogP contribution in [-0.2, 0) is 16.0 Å². The fourth-order valence-corrected chi connectivity index (χ4v) is 4.04. The van der Waals surface area contributed by atoms with E-state index in [1.54, 1.807) is 11.3 Å². The molecular formula is C15H20N2O2S2. The summed E-state index contributed by atoms with van der Waals surface area (Å²) in [5.41, 5.74) is 1.21. The third-order valence-corrected chi connectivity index (χ3v) is 5.20. The number of thioether (sulfide) groups is 1. The molecule has 21 heavy (non-hydrogen) atoms. The highest BCUT2D eigenvalue weighted by Gasteiger charge is 2.16. The summed E-state index contributed by atoms with van der Waals surface area (Å²) in [6.45, 7) is 8.53. The number of rotatable bonds is 6. The summed E-state index contributed by atoms with van der Waals surface area (Å²) in [5.74, 6) is 0.952. The van der Waals surface area contributed by atoms with Crippen molar-refractivity contribution in [1.29, 1.82) is 0 Å². The van der Waals surface area contributed by atoms with Gasteiger partial charge in [-0.2, -0.15) is 0 Å². The van der Waals surface area contributed by atoms with Crippen LogP contribution in [-0.4, -0.2) is 28.3 Å². The van der Waals surface area contributed by atoms with Crippen LogP contribution in [0, 0.1) is 13.8 Å². The Morgan fingerprint density at radius 2 is 2.05 bits per heavy atom. The maximum Gasteiger partial charge on any atom is 0.316 e. The van der Waals surface area contributed by atoms with Crippen molar-refractivity contribution >= 4 is 39.3 Å². The average molecular weight is 324 g/mol. The summed E-state index contributed by atoms with van der Waals surface area (Å²) >= 11 is 3.14. The second kappa shape index (κ2) is 7.22. The predicted octanol–water partition coefficient (Wildman–Crippen LogP) is 3.92. The Kier molecular flexibility index (Phi) is 5.58. The van der Waals surface area contributed by atoms with E-state index in [2.05, 4.69) is 30.7 Å². The minimum atomic E-state index is -0.198. The van der Waals surface area contributed by atoms with Crippen molar-refractivity contribution in [1.82, 2.24) is 9.97 Å². The third-order valence-electron chi connectivity index (χ3n) is 3.15. The molecule has 0 aliphatic rings. The Morgan fingerprint density at radius 1 is 1.29 bits per heavy atom. The number of fused-ring (bicyclic) bond motifs is 1. The Bertz CT molecular complexity index is 653. The monoisotopic (exact) mass is 324 g/mol. The summed E-state index contributed by atoms with van der Waals surface area (Å²) in [5, 5.41) is 1.99. The van der Waals surface area contributed by atoms with Gasteiger partial charge in [0.1, 0.15) is 15.7 Å². The lowest BCUT2D eigenvalue weighted by atomic mass is 10.2. The van der Waals surface area contributed by atoms with Crippen LogP contribution >= 0.6 is 23.1 Å². The van der Waals surface area contributed by atoms with Crippen molar-refractivity contribution in [2.45, 2.75) is 45.6 Å². The van der Waals surface area contributed by atoms with Gasteiger partial charge in [0.05, 0.1) is 12.4 Å². The van der Waals surface area contributed by atoms with E-state index in [0.717, 1.165) is 33.9 Å². The molecule has 4 nitrogen and oxygen atoms in total. The molecule has 0 spiro atoms. The highest BCUT2D eigenvalue weighted by molar-refractivity contribution is 8.00. The van der Waals surface area contributed by atoms with Crippen LogP contribution in [0.1, 0.15) is 36.5 Å². The number of aromatic nitrogens is 2. The van der Waals surface area contributed by atoms with Crippen LogP contribution in [0.5, 0.6) is 0 Å². The SMILES string of the molecule is CCCc1nc(SCC(=O)OCC)c2c(C)c(C)sc2n1. The molecule has 114 valence electrons. The van der Waals surface area contributed by atoms with Gasteiger partial charge in [-0.25, -0.2) is 9.97 Å².